The molecule has 0 aromatic carbocycles. The second-order valence-corrected chi connectivity index (χ2v) is 5.49. The van der Waals surface area contributed by atoms with E-state index in [1.807, 2.05) is 0 Å². The second kappa shape index (κ2) is 4.42. The Hall–Kier alpha value is -0.870. The van der Waals surface area contributed by atoms with Gasteiger partial charge in [0.25, 0.3) is 0 Å². The van der Waals surface area contributed by atoms with Crippen LogP contribution in [-0.2, 0) is 19.6 Å². The standard InChI is InChI=1S/C13H22N4/c1-10-12(8-14-11-4-5-11)15-17-7-3-6-16(2)9-13(10)17/h11,14H,3-9H2,1-2H3. The third-order valence-corrected chi connectivity index (χ3v) is 3.88. The van der Waals surface area contributed by atoms with Crippen LogP contribution in [0.3, 0.4) is 0 Å². The molecule has 17 heavy (non-hydrogen) atoms. The van der Waals surface area contributed by atoms with E-state index in [0.717, 1.165) is 25.7 Å². The number of nitrogens with one attached hydrogen (secondary N) is 1. The summed E-state index contributed by atoms with van der Waals surface area (Å²) in [6, 6.07) is 0.763. The highest BCUT2D eigenvalue weighted by Gasteiger charge is 2.23. The summed E-state index contributed by atoms with van der Waals surface area (Å²) in [5.74, 6) is 0. The molecule has 1 N–H and O–H groups in total. The predicted octanol–water partition coefficient (Wildman–Crippen LogP) is 1.28. The molecule has 94 valence electrons. The highest BCUT2D eigenvalue weighted by Crippen LogP contribution is 2.22. The van der Waals surface area contributed by atoms with E-state index < -0.39 is 0 Å². The Morgan fingerprint density at radius 2 is 2.18 bits per heavy atom. The van der Waals surface area contributed by atoms with Gasteiger partial charge >= 0.3 is 0 Å². The normalized spacial score (nSPS) is 21.3. The molecule has 2 aliphatic rings. The van der Waals surface area contributed by atoms with E-state index in [1.54, 1.807) is 0 Å². The second-order valence-electron chi connectivity index (χ2n) is 5.49. The number of aromatic nitrogens is 2. The molecule has 2 heterocycles. The predicted molar refractivity (Wildman–Crippen MR) is 67.8 cm³/mol. The molecule has 0 bridgehead atoms. The lowest BCUT2D eigenvalue weighted by atomic mass is 10.2. The summed E-state index contributed by atoms with van der Waals surface area (Å²) in [7, 11) is 2.20. The first kappa shape index (κ1) is 11.2. The Morgan fingerprint density at radius 1 is 1.35 bits per heavy atom. The molecule has 4 heteroatoms. The molecule has 0 atom stereocenters. The molecule has 1 saturated carbocycles. The van der Waals surface area contributed by atoms with E-state index in [0.29, 0.717) is 0 Å². The van der Waals surface area contributed by atoms with Crippen molar-refractivity contribution in [3.8, 4) is 0 Å². The quantitative estimate of drug-likeness (QED) is 0.855. The minimum Gasteiger partial charge on any atom is -0.308 e. The zero-order chi connectivity index (χ0) is 11.8. The van der Waals surface area contributed by atoms with Crippen molar-refractivity contribution >= 4 is 0 Å². The molecule has 0 unspecified atom stereocenters. The van der Waals surface area contributed by atoms with Gasteiger partial charge in [0.15, 0.2) is 0 Å². The summed E-state index contributed by atoms with van der Waals surface area (Å²) >= 11 is 0. The molecule has 1 aliphatic heterocycles. The average molecular weight is 234 g/mol. The van der Waals surface area contributed by atoms with Crippen molar-refractivity contribution in [3.63, 3.8) is 0 Å². The van der Waals surface area contributed by atoms with E-state index in [2.05, 4.69) is 28.9 Å². The van der Waals surface area contributed by atoms with Crippen molar-refractivity contribution in [1.82, 2.24) is 20.0 Å². The Labute approximate surface area is 103 Å². The lowest BCUT2D eigenvalue weighted by Gasteiger charge is -2.12. The van der Waals surface area contributed by atoms with Crippen molar-refractivity contribution in [2.24, 2.45) is 0 Å². The summed E-state index contributed by atoms with van der Waals surface area (Å²) in [4.78, 5) is 2.39. The van der Waals surface area contributed by atoms with Crippen LogP contribution in [0.1, 0.15) is 36.2 Å². The zero-order valence-corrected chi connectivity index (χ0v) is 10.9. The molecule has 1 aromatic heterocycles. The summed E-state index contributed by atoms with van der Waals surface area (Å²) in [6.45, 7) is 6.47. The van der Waals surface area contributed by atoms with Crippen molar-refractivity contribution in [3.05, 3.63) is 17.0 Å². The van der Waals surface area contributed by atoms with Crippen LogP contribution in [0.4, 0.5) is 0 Å². The SMILES string of the molecule is Cc1c(CNC2CC2)nn2c1CN(C)CCC2. The van der Waals surface area contributed by atoms with Gasteiger partial charge in [-0.3, -0.25) is 4.68 Å². The van der Waals surface area contributed by atoms with Crippen LogP contribution in [0.5, 0.6) is 0 Å². The van der Waals surface area contributed by atoms with E-state index in [-0.39, 0.29) is 0 Å². The summed E-state index contributed by atoms with van der Waals surface area (Å²) in [5.41, 5.74) is 4.06. The Balaban J connectivity index is 1.78. The van der Waals surface area contributed by atoms with Gasteiger partial charge in [0.2, 0.25) is 0 Å². The molecule has 0 spiro atoms. The molecule has 0 saturated heterocycles. The van der Waals surface area contributed by atoms with Gasteiger partial charge in [0.1, 0.15) is 0 Å². The first-order valence-corrected chi connectivity index (χ1v) is 6.71. The van der Waals surface area contributed by atoms with Gasteiger partial charge in [-0.1, -0.05) is 0 Å². The molecule has 1 aliphatic carbocycles. The van der Waals surface area contributed by atoms with Crippen LogP contribution in [-0.4, -0.2) is 34.3 Å². The maximum atomic E-state index is 4.77. The zero-order valence-electron chi connectivity index (χ0n) is 10.9. The maximum Gasteiger partial charge on any atom is 0.0795 e. The Morgan fingerprint density at radius 3 is 2.94 bits per heavy atom. The Kier molecular flexibility index (Phi) is 2.92. The molecule has 1 aromatic rings. The topological polar surface area (TPSA) is 33.1 Å². The lowest BCUT2D eigenvalue weighted by molar-refractivity contribution is 0.331. The highest BCUT2D eigenvalue weighted by molar-refractivity contribution is 5.25. The minimum absolute atomic E-state index is 0.763. The minimum atomic E-state index is 0.763. The fourth-order valence-electron chi connectivity index (χ4n) is 2.55. The fraction of sp³-hybridized carbons (Fsp3) is 0.769. The molecule has 0 amide bonds. The third kappa shape index (κ3) is 2.38. The largest absolute Gasteiger partial charge is 0.308 e. The van der Waals surface area contributed by atoms with Gasteiger partial charge < -0.3 is 10.2 Å². The van der Waals surface area contributed by atoms with E-state index in [1.165, 1.54) is 42.8 Å². The highest BCUT2D eigenvalue weighted by atomic mass is 15.3. The van der Waals surface area contributed by atoms with Gasteiger partial charge in [-0.05, 0) is 38.8 Å². The molecular formula is C13H22N4. The smallest absolute Gasteiger partial charge is 0.0795 e. The van der Waals surface area contributed by atoms with Crippen LogP contribution >= 0.6 is 0 Å². The number of hydrogen-bond donors (Lipinski definition) is 1. The van der Waals surface area contributed by atoms with E-state index in [9.17, 15) is 0 Å². The molecule has 4 nitrogen and oxygen atoms in total. The number of aryl methyl sites for hydroxylation is 1. The fourth-order valence-corrected chi connectivity index (χ4v) is 2.55. The number of nitrogens with zero attached hydrogens (tertiary/aromatic N) is 3. The number of fused-ring (bicyclic) bond motifs is 1. The van der Waals surface area contributed by atoms with Crippen LogP contribution in [0.2, 0.25) is 0 Å². The Bertz CT molecular complexity index is 406. The molecule has 1 fully saturated rings. The maximum absolute atomic E-state index is 4.77. The van der Waals surface area contributed by atoms with Gasteiger partial charge in [-0.25, -0.2) is 0 Å². The first-order valence-electron chi connectivity index (χ1n) is 6.71. The van der Waals surface area contributed by atoms with Crippen molar-refractivity contribution in [1.29, 1.82) is 0 Å². The van der Waals surface area contributed by atoms with Gasteiger partial charge in [0.05, 0.1) is 11.4 Å². The molecule has 0 radical (unpaired) electrons. The summed E-state index contributed by atoms with van der Waals surface area (Å²) in [5, 5.41) is 8.33. The van der Waals surface area contributed by atoms with Crippen LogP contribution in [0, 0.1) is 6.92 Å². The first-order chi connectivity index (χ1) is 8.24. The van der Waals surface area contributed by atoms with Crippen molar-refractivity contribution in [2.45, 2.75) is 51.9 Å². The molecular weight excluding hydrogens is 212 g/mol. The lowest BCUT2D eigenvalue weighted by Crippen LogP contribution is -2.18. The summed E-state index contributed by atoms with van der Waals surface area (Å²) < 4.78 is 2.22. The van der Waals surface area contributed by atoms with Crippen LogP contribution < -0.4 is 5.32 Å². The van der Waals surface area contributed by atoms with E-state index in [4.69, 9.17) is 5.10 Å². The average Bonchev–Trinajstić information content (AvgIpc) is 3.09. The summed E-state index contributed by atoms with van der Waals surface area (Å²) in [6.07, 6.45) is 3.89. The van der Waals surface area contributed by atoms with Gasteiger partial charge in [-0.15, -0.1) is 0 Å². The van der Waals surface area contributed by atoms with Gasteiger partial charge in [-0.2, -0.15) is 5.10 Å². The molecule has 3 rings (SSSR count). The third-order valence-electron chi connectivity index (χ3n) is 3.88. The monoisotopic (exact) mass is 234 g/mol. The van der Waals surface area contributed by atoms with Gasteiger partial charge in [0, 0.05) is 32.2 Å². The van der Waals surface area contributed by atoms with E-state index >= 15 is 0 Å². The van der Waals surface area contributed by atoms with Crippen molar-refractivity contribution < 1.29 is 0 Å². The number of hydrogen-bond acceptors (Lipinski definition) is 3. The van der Waals surface area contributed by atoms with Crippen molar-refractivity contribution in [2.75, 3.05) is 13.6 Å². The number of rotatable bonds is 3. The van der Waals surface area contributed by atoms with Crippen LogP contribution in [0.15, 0.2) is 0 Å². The van der Waals surface area contributed by atoms with Crippen LogP contribution in [0.25, 0.3) is 0 Å².